The third-order valence-corrected chi connectivity index (χ3v) is 4.52. The Morgan fingerprint density at radius 3 is 2.67 bits per heavy atom. The molecular formula is C22H22N2O3. The third kappa shape index (κ3) is 4.50. The predicted molar refractivity (Wildman–Crippen MR) is 104 cm³/mol. The summed E-state index contributed by atoms with van der Waals surface area (Å²) < 4.78 is 6.46. The zero-order valence-electron chi connectivity index (χ0n) is 15.5. The molecule has 0 spiro atoms. The molecule has 138 valence electrons. The highest BCUT2D eigenvalue weighted by molar-refractivity contribution is 5.89. The van der Waals surface area contributed by atoms with Crippen LogP contribution >= 0.6 is 0 Å². The van der Waals surface area contributed by atoms with Gasteiger partial charge < -0.3 is 9.30 Å². The van der Waals surface area contributed by atoms with Crippen LogP contribution in [0, 0.1) is 0 Å². The van der Waals surface area contributed by atoms with Crippen LogP contribution in [0.15, 0.2) is 65.8 Å². The first-order valence-corrected chi connectivity index (χ1v) is 8.89. The molecule has 0 amide bonds. The van der Waals surface area contributed by atoms with Crippen molar-refractivity contribution in [1.29, 1.82) is 0 Å². The molecule has 5 nitrogen and oxygen atoms in total. The van der Waals surface area contributed by atoms with Gasteiger partial charge in [-0.05, 0) is 47.2 Å². The van der Waals surface area contributed by atoms with Crippen molar-refractivity contribution in [3.05, 3.63) is 99.2 Å². The molecule has 0 aliphatic heterocycles. The molecular weight excluding hydrogens is 340 g/mol. The Labute approximate surface area is 158 Å². The first kappa shape index (κ1) is 18.6. The van der Waals surface area contributed by atoms with E-state index in [0.717, 1.165) is 23.1 Å². The van der Waals surface area contributed by atoms with E-state index < -0.39 is 0 Å². The van der Waals surface area contributed by atoms with Gasteiger partial charge in [-0.3, -0.25) is 9.78 Å². The van der Waals surface area contributed by atoms with Crippen LogP contribution in [0.2, 0.25) is 0 Å². The fraction of sp³-hybridized carbons (Fsp3) is 0.227. The number of hydrogen-bond acceptors (Lipinski definition) is 4. The minimum atomic E-state index is -0.387. The van der Waals surface area contributed by atoms with E-state index in [9.17, 15) is 9.59 Å². The molecule has 0 bridgehead atoms. The number of methoxy groups -OCH3 is 1. The molecule has 2 heterocycles. The number of nitrogens with zero attached hydrogens (tertiary/aromatic N) is 2. The van der Waals surface area contributed by atoms with Crippen LogP contribution < -0.4 is 5.56 Å². The van der Waals surface area contributed by atoms with Crippen molar-refractivity contribution in [3.8, 4) is 0 Å². The maximum Gasteiger partial charge on any atom is 0.339 e. The van der Waals surface area contributed by atoms with Crippen LogP contribution in [0.3, 0.4) is 0 Å². The van der Waals surface area contributed by atoms with Gasteiger partial charge in [0.1, 0.15) is 0 Å². The number of benzene rings is 1. The lowest BCUT2D eigenvalue weighted by molar-refractivity contribution is 0.0600. The van der Waals surface area contributed by atoms with Crippen LogP contribution in [0.1, 0.15) is 39.5 Å². The maximum absolute atomic E-state index is 12.0. The number of pyridine rings is 2. The predicted octanol–water partition coefficient (Wildman–Crippen LogP) is 3.23. The van der Waals surface area contributed by atoms with Gasteiger partial charge in [0.2, 0.25) is 0 Å². The first-order chi connectivity index (χ1) is 13.1. The van der Waals surface area contributed by atoms with E-state index in [2.05, 4.69) is 30.1 Å². The summed E-state index contributed by atoms with van der Waals surface area (Å²) in [6, 6.07) is 13.3. The number of carbonyl (C=O) groups excluding carboxylic acids is 1. The lowest BCUT2D eigenvalue weighted by Gasteiger charge is -2.12. The molecule has 0 unspecified atom stereocenters. The van der Waals surface area contributed by atoms with Gasteiger partial charge in [0, 0.05) is 24.7 Å². The third-order valence-electron chi connectivity index (χ3n) is 4.52. The number of aromatic nitrogens is 2. The number of carbonyl (C=O) groups is 1. The monoisotopic (exact) mass is 362 g/mol. The van der Waals surface area contributed by atoms with Crippen molar-refractivity contribution in [2.24, 2.45) is 0 Å². The molecule has 0 fully saturated rings. The Bertz CT molecular complexity index is 1010. The van der Waals surface area contributed by atoms with Crippen LogP contribution in [0.25, 0.3) is 0 Å². The Hall–Kier alpha value is -3.21. The van der Waals surface area contributed by atoms with Crippen molar-refractivity contribution >= 4 is 5.97 Å². The summed E-state index contributed by atoms with van der Waals surface area (Å²) in [5, 5.41) is 0. The maximum atomic E-state index is 12.0. The van der Waals surface area contributed by atoms with Gasteiger partial charge in [-0.2, -0.15) is 0 Å². The Morgan fingerprint density at radius 2 is 1.93 bits per heavy atom. The summed E-state index contributed by atoms with van der Waals surface area (Å²) in [5.41, 5.74) is 4.88. The van der Waals surface area contributed by atoms with Gasteiger partial charge in [-0.25, -0.2) is 4.79 Å². The van der Waals surface area contributed by atoms with E-state index >= 15 is 0 Å². The van der Waals surface area contributed by atoms with Gasteiger partial charge in [0.15, 0.2) is 0 Å². The normalized spacial score (nSPS) is 10.6. The lowest BCUT2D eigenvalue weighted by atomic mass is 9.98. The average Bonchev–Trinajstić information content (AvgIpc) is 2.70. The second-order valence-corrected chi connectivity index (χ2v) is 6.37. The zero-order valence-corrected chi connectivity index (χ0v) is 15.5. The SMILES string of the molecule is CCc1cc(Cc2cncc(C(=O)OC)c2)ccc1Cn1ccccc1=O. The van der Waals surface area contributed by atoms with Gasteiger partial charge in [0.25, 0.3) is 5.56 Å². The average molecular weight is 362 g/mol. The van der Waals surface area contributed by atoms with Crippen LogP contribution in [-0.2, 0) is 24.1 Å². The molecule has 2 aromatic heterocycles. The topological polar surface area (TPSA) is 61.2 Å². The summed E-state index contributed by atoms with van der Waals surface area (Å²) in [7, 11) is 1.36. The molecule has 0 saturated heterocycles. The largest absolute Gasteiger partial charge is 0.465 e. The van der Waals surface area contributed by atoms with E-state index in [4.69, 9.17) is 4.74 Å². The summed E-state index contributed by atoms with van der Waals surface area (Å²) in [6.45, 7) is 2.67. The summed E-state index contributed by atoms with van der Waals surface area (Å²) >= 11 is 0. The Kier molecular flexibility index (Phi) is 5.81. The molecule has 5 heteroatoms. The molecule has 0 saturated carbocycles. The van der Waals surface area contributed by atoms with Crippen LogP contribution in [-0.4, -0.2) is 22.6 Å². The smallest absolute Gasteiger partial charge is 0.339 e. The van der Waals surface area contributed by atoms with E-state index in [-0.39, 0.29) is 11.5 Å². The van der Waals surface area contributed by atoms with E-state index in [1.807, 2.05) is 12.1 Å². The second kappa shape index (κ2) is 8.45. The van der Waals surface area contributed by atoms with Gasteiger partial charge >= 0.3 is 5.97 Å². The summed E-state index contributed by atoms with van der Waals surface area (Å²) in [5.74, 6) is -0.387. The minimum absolute atomic E-state index is 0.00525. The highest BCUT2D eigenvalue weighted by Gasteiger charge is 2.09. The number of hydrogen-bond donors (Lipinski definition) is 0. The quantitative estimate of drug-likeness (QED) is 0.632. The van der Waals surface area contributed by atoms with Crippen molar-refractivity contribution in [2.45, 2.75) is 26.3 Å². The lowest BCUT2D eigenvalue weighted by Crippen LogP contribution is -2.19. The Balaban J connectivity index is 1.83. The molecule has 27 heavy (non-hydrogen) atoms. The standard InChI is InChI=1S/C22H22N2O3/c1-3-18-11-16(10-17-12-20(14-23-13-17)22(26)27-2)7-8-19(18)15-24-9-5-4-6-21(24)25/h4-9,11-14H,3,10,15H2,1-2H3. The van der Waals surface area contributed by atoms with E-state index in [0.29, 0.717) is 18.5 Å². The highest BCUT2D eigenvalue weighted by atomic mass is 16.5. The van der Waals surface area contributed by atoms with Crippen molar-refractivity contribution in [1.82, 2.24) is 9.55 Å². The molecule has 0 aliphatic rings. The highest BCUT2D eigenvalue weighted by Crippen LogP contribution is 2.17. The summed E-state index contributed by atoms with van der Waals surface area (Å²) in [4.78, 5) is 27.8. The van der Waals surface area contributed by atoms with Gasteiger partial charge in [0.05, 0.1) is 19.2 Å². The van der Waals surface area contributed by atoms with Crippen molar-refractivity contribution in [2.75, 3.05) is 7.11 Å². The van der Waals surface area contributed by atoms with Crippen LogP contribution in [0.5, 0.6) is 0 Å². The fourth-order valence-electron chi connectivity index (χ4n) is 3.10. The fourth-order valence-corrected chi connectivity index (χ4v) is 3.10. The number of rotatable bonds is 6. The molecule has 3 rings (SSSR count). The first-order valence-electron chi connectivity index (χ1n) is 8.89. The van der Waals surface area contributed by atoms with E-state index in [1.54, 1.807) is 29.1 Å². The molecule has 0 aliphatic carbocycles. The molecule has 3 aromatic rings. The van der Waals surface area contributed by atoms with E-state index in [1.165, 1.54) is 18.9 Å². The summed E-state index contributed by atoms with van der Waals surface area (Å²) in [6.07, 6.45) is 6.63. The number of esters is 1. The second-order valence-electron chi connectivity index (χ2n) is 6.37. The molecule has 0 radical (unpaired) electrons. The van der Waals surface area contributed by atoms with Crippen LogP contribution in [0.4, 0.5) is 0 Å². The molecule has 0 atom stereocenters. The van der Waals surface area contributed by atoms with Crippen molar-refractivity contribution < 1.29 is 9.53 Å². The number of ether oxygens (including phenoxy) is 1. The Morgan fingerprint density at radius 1 is 1.07 bits per heavy atom. The number of aryl methyl sites for hydroxylation is 1. The van der Waals surface area contributed by atoms with Gasteiger partial charge in [-0.15, -0.1) is 0 Å². The minimum Gasteiger partial charge on any atom is -0.465 e. The molecule has 1 aromatic carbocycles. The van der Waals surface area contributed by atoms with Crippen molar-refractivity contribution in [3.63, 3.8) is 0 Å². The zero-order chi connectivity index (χ0) is 19.2. The van der Waals surface area contributed by atoms with Gasteiger partial charge in [-0.1, -0.05) is 31.2 Å². The molecule has 0 N–H and O–H groups in total.